The van der Waals surface area contributed by atoms with Crippen molar-refractivity contribution >= 4 is 8.03 Å². The first-order valence-electron chi connectivity index (χ1n) is 4.26. The van der Waals surface area contributed by atoms with E-state index in [-0.39, 0.29) is 5.41 Å². The zero-order valence-corrected chi connectivity index (χ0v) is 7.94. The molecule has 0 spiro atoms. The normalized spacial score (nSPS) is 24.7. The van der Waals surface area contributed by atoms with E-state index in [1.54, 1.807) is 0 Å². The Morgan fingerprint density at radius 2 is 1.91 bits per heavy atom. The molecule has 0 aliphatic heterocycles. The van der Waals surface area contributed by atoms with Crippen molar-refractivity contribution in [2.45, 2.75) is 39.0 Å². The van der Waals surface area contributed by atoms with Crippen molar-refractivity contribution in [1.29, 1.82) is 0 Å². The lowest BCUT2D eigenvalue weighted by atomic mass is 9.77. The summed E-state index contributed by atoms with van der Waals surface area (Å²) in [5.74, 6) is 0. The highest BCUT2D eigenvalue weighted by atomic mass is 31.1. The van der Waals surface area contributed by atoms with Crippen LogP contribution in [0.25, 0.3) is 0 Å². The van der Waals surface area contributed by atoms with Gasteiger partial charge in [-0.15, -0.1) is 0 Å². The van der Waals surface area contributed by atoms with Gasteiger partial charge in [0.15, 0.2) is 6.16 Å². The van der Waals surface area contributed by atoms with E-state index in [4.69, 9.17) is 4.89 Å². The molecule has 0 aromatic rings. The van der Waals surface area contributed by atoms with Crippen LogP contribution in [0.4, 0.5) is 0 Å². The van der Waals surface area contributed by atoms with Gasteiger partial charge in [0.1, 0.15) is 0 Å². The van der Waals surface area contributed by atoms with E-state index in [2.05, 4.69) is 6.92 Å². The predicted molar refractivity (Wildman–Crippen MR) is 45.9 cm³/mol. The van der Waals surface area contributed by atoms with E-state index < -0.39 is 8.03 Å². The lowest BCUT2D eigenvalue weighted by molar-refractivity contribution is 0.244. The van der Waals surface area contributed by atoms with Gasteiger partial charge in [0.2, 0.25) is 0 Å². The molecule has 1 rings (SSSR count). The zero-order chi connectivity index (χ0) is 8.32. The van der Waals surface area contributed by atoms with E-state index in [1.165, 1.54) is 19.3 Å². The fourth-order valence-corrected chi connectivity index (χ4v) is 2.86. The molecule has 1 aliphatic rings. The van der Waals surface area contributed by atoms with Crippen molar-refractivity contribution < 1.29 is 9.46 Å². The zero-order valence-electron chi connectivity index (χ0n) is 7.05. The topological polar surface area (TPSA) is 37.3 Å². The van der Waals surface area contributed by atoms with Crippen LogP contribution in [-0.2, 0) is 4.57 Å². The quantitative estimate of drug-likeness (QED) is 0.655. The lowest BCUT2D eigenvalue weighted by Gasteiger charge is -2.28. The van der Waals surface area contributed by atoms with Gasteiger partial charge in [-0.2, -0.15) is 4.89 Å². The standard InChI is InChI=1S/C8H15O2P/c1-8(7-11(9)10)5-3-2-4-6-8/h2-7H2,1H3/p+1. The molecule has 0 amide bonds. The Hall–Kier alpha value is 0.0600. The van der Waals surface area contributed by atoms with Crippen LogP contribution >= 0.6 is 8.03 Å². The Kier molecular flexibility index (Phi) is 3.03. The van der Waals surface area contributed by atoms with E-state index in [0.717, 1.165) is 12.8 Å². The maximum absolute atomic E-state index is 10.6. The van der Waals surface area contributed by atoms with Crippen molar-refractivity contribution in [2.24, 2.45) is 5.41 Å². The van der Waals surface area contributed by atoms with Crippen LogP contribution in [0.3, 0.4) is 0 Å². The van der Waals surface area contributed by atoms with Gasteiger partial charge >= 0.3 is 8.03 Å². The van der Waals surface area contributed by atoms with Crippen LogP contribution < -0.4 is 0 Å². The van der Waals surface area contributed by atoms with E-state index in [0.29, 0.717) is 6.16 Å². The average Bonchev–Trinajstić information content (AvgIpc) is 1.85. The summed E-state index contributed by atoms with van der Waals surface area (Å²) in [6.07, 6.45) is 6.54. The average molecular weight is 175 g/mol. The first kappa shape index (κ1) is 9.15. The Bertz CT molecular complexity index is 150. The molecule has 1 fully saturated rings. The Balaban J connectivity index is 2.43. The highest BCUT2D eigenvalue weighted by molar-refractivity contribution is 7.38. The van der Waals surface area contributed by atoms with Crippen LogP contribution in [0.15, 0.2) is 0 Å². The fraction of sp³-hybridized carbons (Fsp3) is 1.00. The largest absolute Gasteiger partial charge is 0.506 e. The van der Waals surface area contributed by atoms with Gasteiger partial charge in [0.05, 0.1) is 0 Å². The molecule has 0 radical (unpaired) electrons. The first-order valence-corrected chi connectivity index (χ1v) is 5.66. The van der Waals surface area contributed by atoms with Gasteiger partial charge < -0.3 is 0 Å². The summed E-state index contributed by atoms with van der Waals surface area (Å²) in [6.45, 7) is 2.13. The molecule has 1 atom stereocenters. The predicted octanol–water partition coefficient (Wildman–Crippen LogP) is 2.69. The van der Waals surface area contributed by atoms with Crippen LogP contribution in [0.5, 0.6) is 0 Å². The van der Waals surface area contributed by atoms with E-state index in [1.807, 2.05) is 0 Å². The maximum Gasteiger partial charge on any atom is 0.506 e. The van der Waals surface area contributed by atoms with Gasteiger partial charge in [-0.05, 0) is 17.4 Å². The highest BCUT2D eigenvalue weighted by Crippen LogP contribution is 2.40. The van der Waals surface area contributed by atoms with Crippen LogP contribution in [0.1, 0.15) is 39.0 Å². The van der Waals surface area contributed by atoms with Crippen molar-refractivity contribution in [3.63, 3.8) is 0 Å². The molecule has 1 saturated carbocycles. The third-order valence-corrected chi connectivity index (χ3v) is 3.61. The molecule has 2 nitrogen and oxygen atoms in total. The maximum atomic E-state index is 10.6. The molecule has 0 bridgehead atoms. The van der Waals surface area contributed by atoms with Crippen molar-refractivity contribution in [1.82, 2.24) is 0 Å². The molecular formula is C8H16O2P+. The second kappa shape index (κ2) is 3.64. The fourth-order valence-electron chi connectivity index (χ4n) is 1.89. The third kappa shape index (κ3) is 2.88. The molecule has 0 aromatic carbocycles. The molecule has 1 N–H and O–H groups in total. The summed E-state index contributed by atoms with van der Waals surface area (Å²) < 4.78 is 10.6. The van der Waals surface area contributed by atoms with Gasteiger partial charge in [0, 0.05) is 5.41 Å². The van der Waals surface area contributed by atoms with Crippen molar-refractivity contribution in [3.8, 4) is 0 Å². The Morgan fingerprint density at radius 1 is 1.36 bits per heavy atom. The first-order chi connectivity index (χ1) is 5.12. The highest BCUT2D eigenvalue weighted by Gasteiger charge is 2.34. The van der Waals surface area contributed by atoms with Crippen LogP contribution in [-0.4, -0.2) is 11.1 Å². The smallest absolute Gasteiger partial charge is 0.161 e. The van der Waals surface area contributed by atoms with Crippen LogP contribution in [0.2, 0.25) is 0 Å². The van der Waals surface area contributed by atoms with Crippen molar-refractivity contribution in [3.05, 3.63) is 0 Å². The molecule has 11 heavy (non-hydrogen) atoms. The molecule has 1 unspecified atom stereocenters. The van der Waals surface area contributed by atoms with Gasteiger partial charge in [-0.25, -0.2) is 0 Å². The molecule has 0 saturated heterocycles. The summed E-state index contributed by atoms with van der Waals surface area (Å²) in [5, 5.41) is 0. The second-order valence-corrected chi connectivity index (χ2v) is 4.90. The molecule has 3 heteroatoms. The molecular weight excluding hydrogens is 159 g/mol. The van der Waals surface area contributed by atoms with E-state index >= 15 is 0 Å². The minimum atomic E-state index is -1.92. The number of rotatable bonds is 2. The second-order valence-electron chi connectivity index (χ2n) is 3.88. The van der Waals surface area contributed by atoms with Gasteiger partial charge in [-0.3, -0.25) is 0 Å². The SMILES string of the molecule is CC1(C[P+](=O)O)CCCCC1. The summed E-state index contributed by atoms with van der Waals surface area (Å²) in [4.78, 5) is 8.78. The summed E-state index contributed by atoms with van der Waals surface area (Å²) >= 11 is 0. The lowest BCUT2D eigenvalue weighted by Crippen LogP contribution is -2.22. The summed E-state index contributed by atoms with van der Waals surface area (Å²) in [7, 11) is -1.92. The molecule has 1 aliphatic carbocycles. The molecule has 0 heterocycles. The van der Waals surface area contributed by atoms with Gasteiger partial charge in [-0.1, -0.05) is 26.2 Å². The minimum absolute atomic E-state index is 0.167. The van der Waals surface area contributed by atoms with Gasteiger partial charge in [0.25, 0.3) is 0 Å². The molecule has 0 aromatic heterocycles. The minimum Gasteiger partial charge on any atom is -0.161 e. The summed E-state index contributed by atoms with van der Waals surface area (Å²) in [6, 6.07) is 0. The van der Waals surface area contributed by atoms with Crippen LogP contribution in [0, 0.1) is 5.41 Å². The monoisotopic (exact) mass is 175 g/mol. The molecule has 64 valence electrons. The Morgan fingerprint density at radius 3 is 2.36 bits per heavy atom. The van der Waals surface area contributed by atoms with E-state index in [9.17, 15) is 4.57 Å². The number of hydrogen-bond acceptors (Lipinski definition) is 1. The summed E-state index contributed by atoms with van der Waals surface area (Å²) in [5.41, 5.74) is 0.167. The number of hydrogen-bond donors (Lipinski definition) is 1. The third-order valence-electron chi connectivity index (χ3n) is 2.58. The Labute approximate surface area is 68.9 Å². The van der Waals surface area contributed by atoms with Crippen molar-refractivity contribution in [2.75, 3.05) is 6.16 Å².